The first-order chi connectivity index (χ1) is 6.88. The lowest BCUT2D eigenvalue weighted by atomic mass is 9.80. The molecule has 0 spiro atoms. The molecule has 0 aromatic heterocycles. The highest BCUT2D eigenvalue weighted by Gasteiger charge is 2.25. The Morgan fingerprint density at radius 2 is 1.93 bits per heavy atom. The predicted octanol–water partition coefficient (Wildman–Crippen LogP) is 2.56. The summed E-state index contributed by atoms with van der Waals surface area (Å²) >= 11 is 0. The maximum Gasteiger partial charge on any atom is 0.0603 e. The van der Waals surface area contributed by atoms with E-state index in [1.54, 1.807) is 0 Å². The van der Waals surface area contributed by atoms with Gasteiger partial charge in [-0.25, -0.2) is 0 Å². The van der Waals surface area contributed by atoms with E-state index in [1.807, 2.05) is 13.8 Å². The zero-order valence-corrected chi connectivity index (χ0v) is 10.7. The highest BCUT2D eigenvalue weighted by Crippen LogP contribution is 2.28. The fourth-order valence-corrected chi connectivity index (χ4v) is 2.53. The van der Waals surface area contributed by atoms with Crippen LogP contribution in [0.4, 0.5) is 0 Å². The van der Waals surface area contributed by atoms with Crippen molar-refractivity contribution >= 4 is 0 Å². The molecule has 3 unspecified atom stereocenters. The molecular weight excluding hydrogens is 186 g/mol. The first kappa shape index (κ1) is 13.0. The van der Waals surface area contributed by atoms with Crippen molar-refractivity contribution in [1.82, 2.24) is 5.32 Å². The summed E-state index contributed by atoms with van der Waals surface area (Å²) in [6, 6.07) is 0.670. The van der Waals surface area contributed by atoms with Crippen molar-refractivity contribution in [2.75, 3.05) is 6.54 Å². The molecular formula is C13H27NO. The Balaban J connectivity index is 2.21. The van der Waals surface area contributed by atoms with Gasteiger partial charge in [-0.3, -0.25) is 0 Å². The quantitative estimate of drug-likeness (QED) is 0.752. The zero-order chi connectivity index (χ0) is 11.5. The van der Waals surface area contributed by atoms with E-state index in [1.165, 1.54) is 19.3 Å². The minimum absolute atomic E-state index is 0.530. The molecule has 3 atom stereocenters. The average Bonchev–Trinajstić information content (AvgIpc) is 2.07. The van der Waals surface area contributed by atoms with Gasteiger partial charge in [0.25, 0.3) is 0 Å². The van der Waals surface area contributed by atoms with E-state index >= 15 is 0 Å². The highest BCUT2D eigenvalue weighted by atomic mass is 16.3. The molecule has 2 N–H and O–H groups in total. The van der Waals surface area contributed by atoms with Gasteiger partial charge in [0.1, 0.15) is 0 Å². The van der Waals surface area contributed by atoms with Crippen molar-refractivity contribution in [2.24, 2.45) is 11.8 Å². The summed E-state index contributed by atoms with van der Waals surface area (Å²) < 4.78 is 0. The van der Waals surface area contributed by atoms with Gasteiger partial charge < -0.3 is 10.4 Å². The highest BCUT2D eigenvalue weighted by molar-refractivity contribution is 4.81. The van der Waals surface area contributed by atoms with Crippen molar-refractivity contribution in [3.05, 3.63) is 0 Å². The van der Waals surface area contributed by atoms with E-state index in [4.69, 9.17) is 0 Å². The van der Waals surface area contributed by atoms with Crippen LogP contribution in [0.25, 0.3) is 0 Å². The fourth-order valence-electron chi connectivity index (χ4n) is 2.53. The third-order valence-corrected chi connectivity index (χ3v) is 3.57. The van der Waals surface area contributed by atoms with Gasteiger partial charge in [-0.1, -0.05) is 13.8 Å². The van der Waals surface area contributed by atoms with Crippen LogP contribution in [0.1, 0.15) is 53.4 Å². The van der Waals surface area contributed by atoms with Gasteiger partial charge in [-0.2, -0.15) is 0 Å². The van der Waals surface area contributed by atoms with E-state index in [9.17, 15) is 5.11 Å². The van der Waals surface area contributed by atoms with Crippen LogP contribution >= 0.6 is 0 Å². The molecule has 15 heavy (non-hydrogen) atoms. The number of hydrogen-bond acceptors (Lipinski definition) is 2. The van der Waals surface area contributed by atoms with Gasteiger partial charge in [0.05, 0.1) is 5.60 Å². The largest absolute Gasteiger partial charge is 0.390 e. The van der Waals surface area contributed by atoms with Gasteiger partial charge >= 0.3 is 0 Å². The Kier molecular flexibility index (Phi) is 4.60. The second-order valence-electron chi connectivity index (χ2n) is 6.02. The van der Waals surface area contributed by atoms with Crippen LogP contribution in [0.3, 0.4) is 0 Å². The van der Waals surface area contributed by atoms with E-state index in [0.29, 0.717) is 6.04 Å². The van der Waals surface area contributed by atoms with Crippen LogP contribution in [-0.2, 0) is 0 Å². The third-order valence-electron chi connectivity index (χ3n) is 3.57. The topological polar surface area (TPSA) is 32.3 Å². The summed E-state index contributed by atoms with van der Waals surface area (Å²) in [4.78, 5) is 0. The average molecular weight is 213 g/mol. The molecule has 1 fully saturated rings. The lowest BCUT2D eigenvalue weighted by Gasteiger charge is -2.34. The lowest BCUT2D eigenvalue weighted by Crippen LogP contribution is -2.41. The number of aliphatic hydroxyl groups is 1. The maximum atomic E-state index is 9.62. The van der Waals surface area contributed by atoms with Crippen molar-refractivity contribution in [1.29, 1.82) is 0 Å². The lowest BCUT2D eigenvalue weighted by molar-refractivity contribution is 0.0685. The monoisotopic (exact) mass is 213 g/mol. The zero-order valence-electron chi connectivity index (χ0n) is 10.7. The fraction of sp³-hybridized carbons (Fsp3) is 1.00. The van der Waals surface area contributed by atoms with E-state index in [0.717, 1.165) is 24.8 Å². The van der Waals surface area contributed by atoms with Crippen LogP contribution < -0.4 is 5.32 Å². The first-order valence-electron chi connectivity index (χ1n) is 6.34. The predicted molar refractivity (Wildman–Crippen MR) is 64.9 cm³/mol. The molecule has 0 aromatic rings. The van der Waals surface area contributed by atoms with Gasteiger partial charge in [0, 0.05) is 6.04 Å². The molecule has 0 amide bonds. The molecule has 0 saturated heterocycles. The maximum absolute atomic E-state index is 9.62. The summed E-state index contributed by atoms with van der Waals surface area (Å²) in [5, 5.41) is 13.2. The Hall–Kier alpha value is -0.0800. The number of nitrogens with one attached hydrogen (secondary N) is 1. The second kappa shape index (κ2) is 5.31. The molecule has 0 bridgehead atoms. The molecule has 1 saturated carbocycles. The number of hydrogen-bond donors (Lipinski definition) is 2. The summed E-state index contributed by atoms with van der Waals surface area (Å²) in [5.74, 6) is 1.68. The van der Waals surface area contributed by atoms with Crippen molar-refractivity contribution in [3.63, 3.8) is 0 Å². The smallest absolute Gasteiger partial charge is 0.0603 e. The van der Waals surface area contributed by atoms with Gasteiger partial charge in [-0.05, 0) is 57.9 Å². The van der Waals surface area contributed by atoms with Gasteiger partial charge in [0.2, 0.25) is 0 Å². The molecule has 90 valence electrons. The van der Waals surface area contributed by atoms with E-state index in [2.05, 4.69) is 19.2 Å². The van der Waals surface area contributed by atoms with E-state index < -0.39 is 5.60 Å². The minimum atomic E-state index is -0.530. The summed E-state index contributed by atoms with van der Waals surface area (Å²) in [6.07, 6.45) is 4.84. The Bertz CT molecular complexity index is 185. The van der Waals surface area contributed by atoms with Crippen LogP contribution in [0, 0.1) is 11.8 Å². The molecule has 1 aliphatic carbocycles. The molecule has 2 nitrogen and oxygen atoms in total. The molecule has 1 aliphatic rings. The van der Waals surface area contributed by atoms with Crippen molar-refractivity contribution < 1.29 is 5.11 Å². The minimum Gasteiger partial charge on any atom is -0.390 e. The van der Waals surface area contributed by atoms with Crippen molar-refractivity contribution in [2.45, 2.75) is 65.0 Å². The van der Waals surface area contributed by atoms with Gasteiger partial charge in [-0.15, -0.1) is 0 Å². The second-order valence-corrected chi connectivity index (χ2v) is 6.02. The summed E-state index contributed by atoms with van der Waals surface area (Å²) in [5.41, 5.74) is -0.530. The molecule has 0 aliphatic heterocycles. The van der Waals surface area contributed by atoms with Crippen LogP contribution in [0.2, 0.25) is 0 Å². The SMILES string of the molecule is CC1CCC(NCCC(C)(C)O)C(C)C1. The molecule has 0 radical (unpaired) electrons. The van der Waals surface area contributed by atoms with Crippen molar-refractivity contribution in [3.8, 4) is 0 Å². The summed E-state index contributed by atoms with van der Waals surface area (Å²) in [7, 11) is 0. The Labute approximate surface area is 94.5 Å². The molecule has 1 rings (SSSR count). The summed E-state index contributed by atoms with van der Waals surface area (Å²) in [6.45, 7) is 9.38. The van der Waals surface area contributed by atoms with E-state index in [-0.39, 0.29) is 0 Å². The normalized spacial score (nSPS) is 33.0. The van der Waals surface area contributed by atoms with Crippen LogP contribution in [0.15, 0.2) is 0 Å². The molecule has 0 aromatic carbocycles. The number of rotatable bonds is 4. The van der Waals surface area contributed by atoms with Gasteiger partial charge in [0.15, 0.2) is 0 Å². The Morgan fingerprint density at radius 1 is 1.27 bits per heavy atom. The molecule has 0 heterocycles. The standard InChI is InChI=1S/C13H27NO/c1-10-5-6-12(11(2)9-10)14-8-7-13(3,4)15/h10-12,14-15H,5-9H2,1-4H3. The third kappa shape index (κ3) is 4.98. The first-order valence-corrected chi connectivity index (χ1v) is 6.34. The Morgan fingerprint density at radius 3 is 2.47 bits per heavy atom. The van der Waals surface area contributed by atoms with Crippen LogP contribution in [-0.4, -0.2) is 23.3 Å². The molecule has 2 heteroatoms. The van der Waals surface area contributed by atoms with Crippen LogP contribution in [0.5, 0.6) is 0 Å².